The van der Waals surface area contributed by atoms with Gasteiger partial charge in [-0.1, -0.05) is 25.8 Å². The number of aromatic nitrogens is 1. The Bertz CT molecular complexity index is 443. The van der Waals surface area contributed by atoms with Gasteiger partial charge in [0.15, 0.2) is 0 Å². The second-order valence-electron chi connectivity index (χ2n) is 7.67. The van der Waals surface area contributed by atoms with Gasteiger partial charge in [0, 0.05) is 24.5 Å². The molecular weight excluding hydrogens is 282 g/mol. The molecule has 1 saturated heterocycles. The van der Waals surface area contributed by atoms with E-state index in [0.717, 1.165) is 0 Å². The molecular formula is C20H33N3. The molecule has 3 nitrogen and oxygen atoms in total. The summed E-state index contributed by atoms with van der Waals surface area (Å²) in [6, 6.07) is 5.48. The molecule has 1 aromatic rings. The number of nitrogens with one attached hydrogen (secondary N) is 2. The molecule has 3 rings (SSSR count). The molecule has 2 heterocycles. The highest BCUT2D eigenvalue weighted by molar-refractivity contribution is 5.14. The predicted octanol–water partition coefficient (Wildman–Crippen LogP) is 4.21. The minimum absolute atomic E-state index is 0.482. The van der Waals surface area contributed by atoms with Gasteiger partial charge in [0.1, 0.15) is 0 Å². The van der Waals surface area contributed by atoms with Crippen molar-refractivity contribution < 1.29 is 0 Å². The van der Waals surface area contributed by atoms with Gasteiger partial charge in [-0.3, -0.25) is 4.98 Å². The van der Waals surface area contributed by atoms with Crippen LogP contribution in [0.15, 0.2) is 24.5 Å². The van der Waals surface area contributed by atoms with E-state index in [0.29, 0.717) is 17.5 Å². The Hall–Kier alpha value is -0.930. The van der Waals surface area contributed by atoms with Crippen LogP contribution in [0.5, 0.6) is 0 Å². The monoisotopic (exact) mass is 315 g/mol. The molecule has 1 aliphatic heterocycles. The average Bonchev–Trinajstić information content (AvgIpc) is 2.62. The molecule has 2 aliphatic rings. The summed E-state index contributed by atoms with van der Waals surface area (Å²) < 4.78 is 0. The van der Waals surface area contributed by atoms with Gasteiger partial charge >= 0.3 is 0 Å². The topological polar surface area (TPSA) is 37.0 Å². The lowest BCUT2D eigenvalue weighted by atomic mass is 9.67. The zero-order valence-corrected chi connectivity index (χ0v) is 14.7. The molecule has 2 fully saturated rings. The highest BCUT2D eigenvalue weighted by atomic mass is 15.0. The number of rotatable bonds is 6. The molecule has 0 bridgehead atoms. The molecule has 1 saturated carbocycles. The second-order valence-corrected chi connectivity index (χ2v) is 7.67. The highest BCUT2D eigenvalue weighted by Gasteiger charge is 2.36. The summed E-state index contributed by atoms with van der Waals surface area (Å²) in [5.41, 5.74) is 2.03. The van der Waals surface area contributed by atoms with Gasteiger partial charge in [0.25, 0.3) is 0 Å². The van der Waals surface area contributed by atoms with Crippen LogP contribution >= 0.6 is 0 Å². The summed E-state index contributed by atoms with van der Waals surface area (Å²) >= 11 is 0. The van der Waals surface area contributed by atoms with Crippen LogP contribution in [0.4, 0.5) is 0 Å². The van der Waals surface area contributed by atoms with Crippen molar-refractivity contribution in [3.63, 3.8) is 0 Å². The van der Waals surface area contributed by atoms with Gasteiger partial charge in [-0.2, -0.15) is 0 Å². The SMILES string of the molecule is CCCCC(NC1CCC2(CCNCC2)CC1)c1cccnc1. The summed E-state index contributed by atoms with van der Waals surface area (Å²) in [4.78, 5) is 4.33. The van der Waals surface area contributed by atoms with E-state index >= 15 is 0 Å². The maximum atomic E-state index is 4.33. The molecule has 128 valence electrons. The van der Waals surface area contributed by atoms with Gasteiger partial charge in [0.2, 0.25) is 0 Å². The molecule has 1 aliphatic carbocycles. The van der Waals surface area contributed by atoms with Crippen LogP contribution < -0.4 is 10.6 Å². The molecule has 1 unspecified atom stereocenters. The summed E-state index contributed by atoms with van der Waals surface area (Å²) in [5.74, 6) is 0. The van der Waals surface area contributed by atoms with Crippen LogP contribution in [0, 0.1) is 5.41 Å². The Balaban J connectivity index is 1.56. The van der Waals surface area contributed by atoms with Crippen molar-refractivity contribution in [3.05, 3.63) is 30.1 Å². The first-order chi connectivity index (χ1) is 11.3. The normalized spacial score (nSPS) is 23.0. The van der Waals surface area contributed by atoms with E-state index < -0.39 is 0 Å². The lowest BCUT2D eigenvalue weighted by molar-refractivity contribution is 0.111. The zero-order chi connectivity index (χ0) is 16.0. The number of piperidine rings is 1. The van der Waals surface area contributed by atoms with E-state index in [4.69, 9.17) is 0 Å². The van der Waals surface area contributed by atoms with Gasteiger partial charge < -0.3 is 10.6 Å². The lowest BCUT2D eigenvalue weighted by Crippen LogP contribution is -2.43. The van der Waals surface area contributed by atoms with Crippen molar-refractivity contribution in [3.8, 4) is 0 Å². The fourth-order valence-corrected chi connectivity index (χ4v) is 4.48. The molecule has 0 radical (unpaired) electrons. The third-order valence-corrected chi connectivity index (χ3v) is 6.08. The zero-order valence-electron chi connectivity index (χ0n) is 14.7. The Morgan fingerprint density at radius 2 is 2.04 bits per heavy atom. The van der Waals surface area contributed by atoms with Crippen LogP contribution in [0.3, 0.4) is 0 Å². The summed E-state index contributed by atoms with van der Waals surface area (Å²) in [5, 5.41) is 7.50. The molecule has 1 spiro atoms. The first-order valence-electron chi connectivity index (χ1n) is 9.68. The van der Waals surface area contributed by atoms with Crippen LogP contribution in [0.2, 0.25) is 0 Å². The van der Waals surface area contributed by atoms with Gasteiger partial charge in [0.05, 0.1) is 0 Å². The first kappa shape index (κ1) is 16.9. The Kier molecular flexibility index (Phi) is 6.07. The van der Waals surface area contributed by atoms with Crippen molar-refractivity contribution in [2.75, 3.05) is 13.1 Å². The average molecular weight is 316 g/mol. The van der Waals surface area contributed by atoms with E-state index in [1.807, 2.05) is 12.4 Å². The number of nitrogens with zero attached hydrogens (tertiary/aromatic N) is 1. The highest BCUT2D eigenvalue weighted by Crippen LogP contribution is 2.43. The van der Waals surface area contributed by atoms with Crippen molar-refractivity contribution in [1.29, 1.82) is 0 Å². The molecule has 23 heavy (non-hydrogen) atoms. The number of hydrogen-bond acceptors (Lipinski definition) is 3. The van der Waals surface area contributed by atoms with Crippen molar-refractivity contribution in [1.82, 2.24) is 15.6 Å². The van der Waals surface area contributed by atoms with E-state index in [2.05, 4.69) is 34.7 Å². The van der Waals surface area contributed by atoms with Gasteiger partial charge in [-0.25, -0.2) is 0 Å². The maximum absolute atomic E-state index is 4.33. The standard InChI is InChI=1S/C20H33N3/c1-2-3-6-19(17-5-4-13-22-16-17)23-18-7-9-20(10-8-18)11-14-21-15-12-20/h4-5,13,16,18-19,21,23H,2-3,6-12,14-15H2,1H3. The Labute approximate surface area is 141 Å². The van der Waals surface area contributed by atoms with Crippen LogP contribution in [-0.2, 0) is 0 Å². The fraction of sp³-hybridized carbons (Fsp3) is 0.750. The van der Waals surface area contributed by atoms with E-state index in [1.54, 1.807) is 0 Å². The largest absolute Gasteiger partial charge is 0.317 e. The first-order valence-corrected chi connectivity index (χ1v) is 9.68. The van der Waals surface area contributed by atoms with Gasteiger partial charge in [-0.15, -0.1) is 0 Å². The van der Waals surface area contributed by atoms with E-state index in [1.165, 1.54) is 76.4 Å². The maximum Gasteiger partial charge on any atom is 0.0337 e. The summed E-state index contributed by atoms with van der Waals surface area (Å²) in [6.45, 7) is 4.74. The predicted molar refractivity (Wildman–Crippen MR) is 96.4 cm³/mol. The molecule has 3 heteroatoms. The quantitative estimate of drug-likeness (QED) is 0.825. The smallest absolute Gasteiger partial charge is 0.0337 e. The minimum Gasteiger partial charge on any atom is -0.317 e. The summed E-state index contributed by atoms with van der Waals surface area (Å²) in [6.07, 6.45) is 16.0. The number of hydrogen-bond donors (Lipinski definition) is 2. The number of pyridine rings is 1. The third-order valence-electron chi connectivity index (χ3n) is 6.08. The molecule has 1 atom stereocenters. The van der Waals surface area contributed by atoms with Crippen LogP contribution in [0.25, 0.3) is 0 Å². The van der Waals surface area contributed by atoms with E-state index in [-0.39, 0.29) is 0 Å². The number of unbranched alkanes of at least 4 members (excludes halogenated alkanes) is 1. The van der Waals surface area contributed by atoms with Gasteiger partial charge in [-0.05, 0) is 75.1 Å². The van der Waals surface area contributed by atoms with Crippen LogP contribution in [-0.4, -0.2) is 24.1 Å². The molecule has 1 aromatic heterocycles. The van der Waals surface area contributed by atoms with E-state index in [9.17, 15) is 0 Å². The Morgan fingerprint density at radius 1 is 1.26 bits per heavy atom. The summed E-state index contributed by atoms with van der Waals surface area (Å²) in [7, 11) is 0. The third kappa shape index (κ3) is 4.54. The van der Waals surface area contributed by atoms with Crippen molar-refractivity contribution in [2.24, 2.45) is 5.41 Å². The van der Waals surface area contributed by atoms with Crippen molar-refractivity contribution >= 4 is 0 Å². The second kappa shape index (κ2) is 8.25. The fourth-order valence-electron chi connectivity index (χ4n) is 4.48. The molecule has 0 aromatic carbocycles. The minimum atomic E-state index is 0.482. The lowest BCUT2D eigenvalue weighted by Gasteiger charge is -2.44. The molecule has 0 amide bonds. The Morgan fingerprint density at radius 3 is 2.70 bits per heavy atom. The van der Waals surface area contributed by atoms with Crippen molar-refractivity contribution in [2.45, 2.75) is 76.8 Å². The van der Waals surface area contributed by atoms with Crippen LogP contribution in [0.1, 0.15) is 76.3 Å². The molecule has 2 N–H and O–H groups in total.